The SMILES string of the molecule is O=C(/C=C/c1ccccc1)NC1CCN(C(=O)c2ccc(Br)cc2)CC1. The zero-order chi connectivity index (χ0) is 18.4. The molecule has 0 aliphatic carbocycles. The molecule has 1 N–H and O–H groups in total. The second-order valence-electron chi connectivity index (χ2n) is 6.33. The van der Waals surface area contributed by atoms with Crippen LogP contribution in [0.4, 0.5) is 0 Å². The molecule has 5 heteroatoms. The highest BCUT2D eigenvalue weighted by atomic mass is 79.9. The summed E-state index contributed by atoms with van der Waals surface area (Å²) >= 11 is 3.38. The second-order valence-corrected chi connectivity index (χ2v) is 7.24. The molecule has 1 saturated heterocycles. The number of piperidine rings is 1. The minimum Gasteiger partial charge on any atom is -0.350 e. The molecule has 4 nitrogen and oxygen atoms in total. The minimum atomic E-state index is -0.0912. The van der Waals surface area contributed by atoms with Crippen molar-refractivity contribution in [3.05, 3.63) is 76.3 Å². The van der Waals surface area contributed by atoms with E-state index in [4.69, 9.17) is 0 Å². The van der Waals surface area contributed by atoms with Crippen LogP contribution < -0.4 is 5.32 Å². The van der Waals surface area contributed by atoms with Crippen molar-refractivity contribution in [1.82, 2.24) is 10.2 Å². The molecule has 0 atom stereocenters. The van der Waals surface area contributed by atoms with E-state index in [1.165, 1.54) is 0 Å². The Kier molecular flexibility index (Phi) is 6.23. The van der Waals surface area contributed by atoms with Gasteiger partial charge in [0.15, 0.2) is 0 Å². The number of likely N-dealkylation sites (tertiary alicyclic amines) is 1. The van der Waals surface area contributed by atoms with Crippen LogP contribution in [-0.4, -0.2) is 35.8 Å². The summed E-state index contributed by atoms with van der Waals surface area (Å²) in [6.07, 6.45) is 4.91. The fraction of sp³-hybridized carbons (Fsp3) is 0.238. The van der Waals surface area contributed by atoms with E-state index < -0.39 is 0 Å². The highest BCUT2D eigenvalue weighted by Gasteiger charge is 2.24. The first-order chi connectivity index (χ1) is 12.6. The minimum absolute atomic E-state index is 0.0475. The fourth-order valence-corrected chi connectivity index (χ4v) is 3.25. The monoisotopic (exact) mass is 412 g/mol. The first-order valence-corrected chi connectivity index (χ1v) is 9.49. The topological polar surface area (TPSA) is 49.4 Å². The molecule has 2 aromatic carbocycles. The van der Waals surface area contributed by atoms with Crippen LogP contribution in [0.2, 0.25) is 0 Å². The second kappa shape index (κ2) is 8.81. The van der Waals surface area contributed by atoms with Crippen molar-refractivity contribution >= 4 is 33.8 Å². The van der Waals surface area contributed by atoms with E-state index in [2.05, 4.69) is 21.2 Å². The van der Waals surface area contributed by atoms with Gasteiger partial charge in [-0.1, -0.05) is 46.3 Å². The van der Waals surface area contributed by atoms with Crippen LogP contribution in [0.25, 0.3) is 6.08 Å². The number of hydrogen-bond donors (Lipinski definition) is 1. The van der Waals surface area contributed by atoms with E-state index >= 15 is 0 Å². The van der Waals surface area contributed by atoms with Crippen molar-refractivity contribution in [2.24, 2.45) is 0 Å². The highest BCUT2D eigenvalue weighted by molar-refractivity contribution is 9.10. The van der Waals surface area contributed by atoms with Gasteiger partial charge in [0.1, 0.15) is 0 Å². The van der Waals surface area contributed by atoms with Crippen LogP contribution in [0.3, 0.4) is 0 Å². The molecule has 3 rings (SSSR count). The van der Waals surface area contributed by atoms with Gasteiger partial charge in [0, 0.05) is 35.2 Å². The van der Waals surface area contributed by atoms with Crippen molar-refractivity contribution in [1.29, 1.82) is 0 Å². The molecule has 1 fully saturated rings. The lowest BCUT2D eigenvalue weighted by Gasteiger charge is -2.32. The molecular weight excluding hydrogens is 392 g/mol. The molecule has 2 amide bonds. The van der Waals surface area contributed by atoms with Gasteiger partial charge in [0.2, 0.25) is 5.91 Å². The summed E-state index contributed by atoms with van der Waals surface area (Å²) in [4.78, 5) is 26.4. The van der Waals surface area contributed by atoms with Crippen molar-refractivity contribution in [3.63, 3.8) is 0 Å². The lowest BCUT2D eigenvalue weighted by atomic mass is 10.0. The Labute approximate surface area is 162 Å². The Morgan fingerprint density at radius 1 is 1.00 bits per heavy atom. The Morgan fingerprint density at radius 3 is 2.31 bits per heavy atom. The first-order valence-electron chi connectivity index (χ1n) is 8.70. The molecule has 1 heterocycles. The van der Waals surface area contributed by atoms with E-state index in [9.17, 15) is 9.59 Å². The van der Waals surface area contributed by atoms with Gasteiger partial charge >= 0.3 is 0 Å². The number of nitrogens with one attached hydrogen (secondary N) is 1. The normalized spacial score (nSPS) is 15.2. The van der Waals surface area contributed by atoms with Crippen LogP contribution in [0.15, 0.2) is 65.1 Å². The summed E-state index contributed by atoms with van der Waals surface area (Å²) in [5.74, 6) is -0.0437. The first kappa shape index (κ1) is 18.4. The molecule has 0 aromatic heterocycles. The highest BCUT2D eigenvalue weighted by Crippen LogP contribution is 2.16. The summed E-state index contributed by atoms with van der Waals surface area (Å²) < 4.78 is 0.957. The molecule has 26 heavy (non-hydrogen) atoms. The Balaban J connectivity index is 1.47. The third-order valence-corrected chi connectivity index (χ3v) is 4.98. The third kappa shape index (κ3) is 5.05. The van der Waals surface area contributed by atoms with Crippen LogP contribution in [0.1, 0.15) is 28.8 Å². The Hall–Kier alpha value is -2.40. The summed E-state index contributed by atoms with van der Waals surface area (Å²) in [7, 11) is 0. The third-order valence-electron chi connectivity index (χ3n) is 4.45. The van der Waals surface area contributed by atoms with Crippen LogP contribution in [0, 0.1) is 0 Å². The molecule has 1 aliphatic heterocycles. The maximum atomic E-state index is 12.5. The molecule has 134 valence electrons. The van der Waals surface area contributed by atoms with Crippen molar-refractivity contribution in [3.8, 4) is 0 Å². The number of amides is 2. The van der Waals surface area contributed by atoms with Crippen molar-refractivity contribution in [2.75, 3.05) is 13.1 Å². The molecule has 0 spiro atoms. The zero-order valence-electron chi connectivity index (χ0n) is 14.4. The van der Waals surface area contributed by atoms with Crippen LogP contribution in [-0.2, 0) is 4.79 Å². The molecular formula is C21H21BrN2O2. The fourth-order valence-electron chi connectivity index (χ4n) is 2.99. The smallest absolute Gasteiger partial charge is 0.253 e. The van der Waals surface area contributed by atoms with E-state index in [0.29, 0.717) is 18.7 Å². The number of hydrogen-bond acceptors (Lipinski definition) is 2. The molecule has 2 aromatic rings. The maximum Gasteiger partial charge on any atom is 0.253 e. The number of halogens is 1. The summed E-state index contributed by atoms with van der Waals surface area (Å²) in [5, 5.41) is 3.03. The molecule has 0 unspecified atom stereocenters. The Morgan fingerprint density at radius 2 is 1.65 bits per heavy atom. The van der Waals surface area contributed by atoms with Crippen LogP contribution in [0.5, 0.6) is 0 Å². The van der Waals surface area contributed by atoms with E-state index in [-0.39, 0.29) is 17.9 Å². The number of nitrogens with zero attached hydrogens (tertiary/aromatic N) is 1. The van der Waals surface area contributed by atoms with Crippen LogP contribution >= 0.6 is 15.9 Å². The van der Waals surface area contributed by atoms with Gasteiger partial charge in [0.05, 0.1) is 0 Å². The average molecular weight is 413 g/mol. The molecule has 0 saturated carbocycles. The number of carbonyl (C=O) groups is 2. The van der Waals surface area contributed by atoms with E-state index in [0.717, 1.165) is 22.9 Å². The predicted octanol–water partition coefficient (Wildman–Crippen LogP) is 3.88. The van der Waals surface area contributed by atoms with Gasteiger partial charge in [-0.05, 0) is 48.7 Å². The van der Waals surface area contributed by atoms with Gasteiger partial charge in [0.25, 0.3) is 5.91 Å². The van der Waals surface area contributed by atoms with Gasteiger partial charge < -0.3 is 10.2 Å². The summed E-state index contributed by atoms with van der Waals surface area (Å²) in [6.45, 7) is 1.31. The average Bonchev–Trinajstić information content (AvgIpc) is 2.68. The largest absolute Gasteiger partial charge is 0.350 e. The summed E-state index contributed by atoms with van der Waals surface area (Å²) in [6, 6.07) is 17.2. The number of carbonyl (C=O) groups excluding carboxylic acids is 2. The number of benzene rings is 2. The lowest BCUT2D eigenvalue weighted by Crippen LogP contribution is -2.46. The van der Waals surface area contributed by atoms with Gasteiger partial charge in [-0.2, -0.15) is 0 Å². The van der Waals surface area contributed by atoms with Gasteiger partial charge in [-0.3, -0.25) is 9.59 Å². The van der Waals surface area contributed by atoms with E-state index in [1.807, 2.05) is 65.6 Å². The quantitative estimate of drug-likeness (QED) is 0.774. The van der Waals surface area contributed by atoms with Gasteiger partial charge in [-0.15, -0.1) is 0 Å². The molecule has 0 radical (unpaired) electrons. The number of rotatable bonds is 4. The van der Waals surface area contributed by atoms with Crippen molar-refractivity contribution < 1.29 is 9.59 Å². The maximum absolute atomic E-state index is 12.5. The molecule has 1 aliphatic rings. The van der Waals surface area contributed by atoms with Crippen molar-refractivity contribution in [2.45, 2.75) is 18.9 Å². The standard InChI is InChI=1S/C21H21BrN2O2/c22-18-9-7-17(8-10-18)21(26)24-14-12-19(13-15-24)23-20(25)11-6-16-4-2-1-3-5-16/h1-11,19H,12-15H2,(H,23,25)/b11-6+. The summed E-state index contributed by atoms with van der Waals surface area (Å²) in [5.41, 5.74) is 1.69. The van der Waals surface area contributed by atoms with E-state index in [1.54, 1.807) is 6.08 Å². The Bertz CT molecular complexity index is 779. The van der Waals surface area contributed by atoms with Gasteiger partial charge in [-0.25, -0.2) is 0 Å². The lowest BCUT2D eigenvalue weighted by molar-refractivity contribution is -0.117. The predicted molar refractivity (Wildman–Crippen MR) is 107 cm³/mol. The molecule has 0 bridgehead atoms. The zero-order valence-corrected chi connectivity index (χ0v) is 16.0.